The molecule has 3 unspecified atom stereocenters. The molecule has 0 radical (unpaired) electrons. The number of ether oxygens (including phenoxy) is 6. The van der Waals surface area contributed by atoms with Gasteiger partial charge in [-0.05, 0) is 170 Å². The maximum absolute atomic E-state index is 14.2. The Morgan fingerprint density at radius 3 is 1.01 bits per heavy atom. The van der Waals surface area contributed by atoms with Gasteiger partial charge >= 0.3 is 0 Å². The lowest BCUT2D eigenvalue weighted by atomic mass is 10.0. The van der Waals surface area contributed by atoms with E-state index in [1.807, 2.05) is 69.3 Å². The largest absolute Gasteiger partial charge is 0.497 e. The van der Waals surface area contributed by atoms with E-state index in [9.17, 15) is 73.2 Å². The third-order valence-electron chi connectivity index (χ3n) is 18.9. The Labute approximate surface area is 654 Å². The standard InChI is InChI=1S/C28H31FN2O7S.2C27H29FN2O6S/c1-17-10-25-18(11-19(17)16-33)6-7-31(25)28(34)27(24-5-4-20(29)12-26(24)38-9-8-32)30-21-13-22(37-2)15-23(14-21)39(3,35)36;2*1-17-4-5-18-8-9-30(24(18)12-17)27(32)26(23-7-6-19(28)13-25(23)36-11-10-31)29-20-14-21(35-2)16-22(15-20)37(3,33)34/h4-5,10-15,27,30,32-33H,6-9,16H2,1-3H3;2*4-7,12-16,26,29,31H,8-11H2,1-3H3. The molecule has 12 rings (SSSR count). The molecular formula is C82H89F3N6O19S3. The number of aliphatic hydroxyl groups is 4. The molecule has 0 saturated heterocycles. The van der Waals surface area contributed by atoms with Crippen LogP contribution in [0.2, 0.25) is 0 Å². The molecule has 25 nitrogen and oxygen atoms in total. The van der Waals surface area contributed by atoms with Gasteiger partial charge in [0.05, 0.1) is 62.4 Å². The van der Waals surface area contributed by atoms with Crippen LogP contribution in [0.3, 0.4) is 0 Å². The number of nitrogens with zero attached hydrogens (tertiary/aromatic N) is 3. The van der Waals surface area contributed by atoms with E-state index in [4.69, 9.17) is 28.4 Å². The molecular weight excluding hydrogens is 1530 g/mol. The number of hydrogen-bond donors (Lipinski definition) is 7. The molecule has 600 valence electrons. The van der Waals surface area contributed by atoms with Crippen LogP contribution < -0.4 is 59.1 Å². The maximum atomic E-state index is 14.2. The number of fused-ring (bicyclic) bond motifs is 3. The molecule has 0 saturated carbocycles. The Morgan fingerprint density at radius 2 is 0.717 bits per heavy atom. The molecule has 7 N–H and O–H groups in total. The summed E-state index contributed by atoms with van der Waals surface area (Å²) in [5, 5.41) is 46.9. The van der Waals surface area contributed by atoms with Crippen LogP contribution in [0.5, 0.6) is 34.5 Å². The number of hydrogen-bond acceptors (Lipinski definition) is 22. The van der Waals surface area contributed by atoms with E-state index in [0.29, 0.717) is 72.6 Å². The molecule has 31 heteroatoms. The molecule has 9 aromatic rings. The van der Waals surface area contributed by atoms with Crippen molar-refractivity contribution in [3.8, 4) is 34.5 Å². The lowest BCUT2D eigenvalue weighted by Gasteiger charge is -2.28. The average molecular weight is 1620 g/mol. The normalized spacial score (nSPS) is 13.7. The Morgan fingerprint density at radius 1 is 0.407 bits per heavy atom. The number of halogens is 3. The number of carbonyl (C=O) groups excluding carboxylic acids is 3. The zero-order valence-electron chi connectivity index (χ0n) is 63.5. The summed E-state index contributed by atoms with van der Waals surface area (Å²) < 4.78 is 149. The number of sulfone groups is 3. The molecule has 3 aliphatic heterocycles. The average Bonchev–Trinajstić information content (AvgIpc) is 1.74. The number of methoxy groups -OCH3 is 3. The second kappa shape index (κ2) is 36.7. The second-order valence-electron chi connectivity index (χ2n) is 27.1. The summed E-state index contributed by atoms with van der Waals surface area (Å²) in [6.07, 6.45) is 5.18. The van der Waals surface area contributed by atoms with Crippen molar-refractivity contribution in [2.75, 3.05) is 130 Å². The van der Waals surface area contributed by atoms with Gasteiger partial charge in [-0.3, -0.25) is 14.4 Å². The minimum atomic E-state index is -3.61. The quantitative estimate of drug-likeness (QED) is 0.0240. The van der Waals surface area contributed by atoms with Crippen molar-refractivity contribution in [2.45, 2.75) is 79.5 Å². The first-order chi connectivity index (χ1) is 53.7. The van der Waals surface area contributed by atoms with Crippen LogP contribution in [0.1, 0.15) is 73.8 Å². The van der Waals surface area contributed by atoms with Gasteiger partial charge in [0.15, 0.2) is 29.5 Å². The lowest BCUT2D eigenvalue weighted by molar-refractivity contribution is -0.120. The van der Waals surface area contributed by atoms with Crippen molar-refractivity contribution in [1.82, 2.24) is 0 Å². The minimum Gasteiger partial charge on any atom is -0.497 e. The second-order valence-corrected chi connectivity index (χ2v) is 33.1. The molecule has 3 amide bonds. The fourth-order valence-corrected chi connectivity index (χ4v) is 15.3. The Balaban J connectivity index is 0.000000180. The van der Waals surface area contributed by atoms with E-state index in [2.05, 4.69) is 16.0 Å². The van der Waals surface area contributed by atoms with Gasteiger partial charge in [0.2, 0.25) is 0 Å². The van der Waals surface area contributed by atoms with Crippen LogP contribution in [0.25, 0.3) is 0 Å². The van der Waals surface area contributed by atoms with Crippen molar-refractivity contribution in [1.29, 1.82) is 0 Å². The molecule has 9 aromatic carbocycles. The molecule has 3 heterocycles. The molecule has 0 aliphatic carbocycles. The zero-order valence-corrected chi connectivity index (χ0v) is 66.0. The third-order valence-corrected chi connectivity index (χ3v) is 22.2. The smallest absolute Gasteiger partial charge is 0.254 e. The van der Waals surface area contributed by atoms with Crippen LogP contribution in [0, 0.1) is 38.2 Å². The monoisotopic (exact) mass is 1610 g/mol. The number of aliphatic hydroxyl groups excluding tert-OH is 4. The van der Waals surface area contributed by atoms with Gasteiger partial charge in [0, 0.05) is 126 Å². The zero-order chi connectivity index (χ0) is 81.8. The van der Waals surface area contributed by atoms with Crippen LogP contribution in [-0.2, 0) is 69.8 Å². The number of nitrogens with one attached hydrogen (secondary N) is 3. The minimum absolute atomic E-state index is 0.00918. The van der Waals surface area contributed by atoms with Crippen LogP contribution in [0.4, 0.5) is 47.3 Å². The third kappa shape index (κ3) is 20.7. The van der Waals surface area contributed by atoms with Gasteiger partial charge in [-0.25, -0.2) is 38.4 Å². The van der Waals surface area contributed by atoms with E-state index in [0.717, 1.165) is 87.3 Å². The molecule has 0 fully saturated rings. The molecule has 0 aromatic heterocycles. The molecule has 3 atom stereocenters. The topological polar surface area (TPSA) is 336 Å². The van der Waals surface area contributed by atoms with Crippen molar-refractivity contribution in [2.24, 2.45) is 0 Å². The summed E-state index contributed by atoms with van der Waals surface area (Å²) in [6, 6.07) is 36.8. The van der Waals surface area contributed by atoms with E-state index in [1.54, 1.807) is 32.9 Å². The van der Waals surface area contributed by atoms with E-state index < -0.39 is 65.1 Å². The lowest BCUT2D eigenvalue weighted by Crippen LogP contribution is -2.37. The number of amides is 3. The Kier molecular flexibility index (Phi) is 27.4. The predicted octanol–water partition coefficient (Wildman–Crippen LogP) is 10.5. The van der Waals surface area contributed by atoms with Crippen molar-refractivity contribution in [3.63, 3.8) is 0 Å². The summed E-state index contributed by atoms with van der Waals surface area (Å²) in [4.78, 5) is 47.3. The highest BCUT2D eigenvalue weighted by Gasteiger charge is 2.38. The number of rotatable bonds is 28. The van der Waals surface area contributed by atoms with Gasteiger partial charge < -0.3 is 79.5 Å². The number of aryl methyl sites for hydroxylation is 3. The van der Waals surface area contributed by atoms with E-state index >= 15 is 0 Å². The van der Waals surface area contributed by atoms with E-state index in [1.165, 1.54) is 94.1 Å². The van der Waals surface area contributed by atoms with Gasteiger partial charge in [-0.2, -0.15) is 0 Å². The first-order valence-electron chi connectivity index (χ1n) is 35.7. The number of anilines is 6. The first kappa shape index (κ1) is 84.5. The molecule has 113 heavy (non-hydrogen) atoms. The van der Waals surface area contributed by atoms with Gasteiger partial charge in [-0.15, -0.1) is 0 Å². The van der Waals surface area contributed by atoms with Crippen LogP contribution in [-0.4, -0.2) is 163 Å². The van der Waals surface area contributed by atoms with E-state index in [-0.39, 0.29) is 119 Å². The predicted molar refractivity (Wildman–Crippen MR) is 422 cm³/mol. The summed E-state index contributed by atoms with van der Waals surface area (Å²) in [6.45, 7) is 5.69. The van der Waals surface area contributed by atoms with Gasteiger partial charge in [0.1, 0.15) is 89.9 Å². The highest BCUT2D eigenvalue weighted by Crippen LogP contribution is 2.42. The highest BCUT2D eigenvalue weighted by atomic mass is 32.2. The van der Waals surface area contributed by atoms with Gasteiger partial charge in [0.25, 0.3) is 17.7 Å². The fraction of sp³-hybridized carbons (Fsp3) is 0.305. The summed E-state index contributed by atoms with van der Waals surface area (Å²) in [5.41, 5.74) is 10.8. The van der Waals surface area contributed by atoms with Crippen molar-refractivity contribution >= 4 is 81.4 Å². The highest BCUT2D eigenvalue weighted by molar-refractivity contribution is 7.91. The summed E-state index contributed by atoms with van der Waals surface area (Å²) >= 11 is 0. The van der Waals surface area contributed by atoms with Crippen LogP contribution >= 0.6 is 0 Å². The SMILES string of the molecule is COc1cc(NC(C(=O)N2CCc3cc(CO)c(C)cc32)c2ccc(F)cc2OCCO)cc(S(C)(=O)=O)c1.COc1cc(NC(C(=O)N2CCc3ccc(C)cc32)c2ccc(F)cc2OCCO)cc(S(C)(=O)=O)c1.COc1cc(NC(C(=O)N2CCc3ccc(C)cc32)c2ccc(F)cc2OCCO)cc(S(C)(=O)=O)c1. The Bertz CT molecular complexity index is 5170. The van der Waals surface area contributed by atoms with Gasteiger partial charge in [-0.1, -0.05) is 30.3 Å². The first-order valence-corrected chi connectivity index (χ1v) is 41.4. The number of benzene rings is 9. The molecule has 0 bridgehead atoms. The van der Waals surface area contributed by atoms with Crippen molar-refractivity contribution < 1.29 is 102 Å². The van der Waals surface area contributed by atoms with Crippen molar-refractivity contribution in [3.05, 3.63) is 231 Å². The molecule has 3 aliphatic rings. The summed E-state index contributed by atoms with van der Waals surface area (Å²) in [7, 11) is -6.54. The Hall–Kier alpha value is -10.9. The number of carbonyl (C=O) groups is 3. The summed E-state index contributed by atoms with van der Waals surface area (Å²) in [5.74, 6) is -1.66. The van der Waals surface area contributed by atoms with Crippen LogP contribution in [0.15, 0.2) is 172 Å². The maximum Gasteiger partial charge on any atom is 0.254 e. The molecule has 0 spiro atoms. The fourth-order valence-electron chi connectivity index (χ4n) is 13.3.